The van der Waals surface area contributed by atoms with E-state index in [0.717, 1.165) is 24.3 Å². The van der Waals surface area contributed by atoms with E-state index in [0.29, 0.717) is 5.02 Å². The Morgan fingerprint density at radius 1 is 1.11 bits per heavy atom. The van der Waals surface area contributed by atoms with E-state index in [2.05, 4.69) is 24.0 Å². The molecule has 0 aliphatic carbocycles. The third-order valence-corrected chi connectivity index (χ3v) is 3.39. The summed E-state index contributed by atoms with van der Waals surface area (Å²) in [6.07, 6.45) is 0. The monoisotopic (exact) mass is 275 g/mol. The topological polar surface area (TPSA) is 23.5 Å². The summed E-state index contributed by atoms with van der Waals surface area (Å²) in [4.78, 5) is 2.23. The van der Waals surface area contributed by atoms with E-state index in [4.69, 9.17) is 11.6 Å². The van der Waals surface area contributed by atoms with Gasteiger partial charge in [0.15, 0.2) is 0 Å². The molecule has 2 rings (SSSR count). The molecule has 2 aromatic rings. The van der Waals surface area contributed by atoms with E-state index < -0.39 is 0 Å². The molecule has 100 valence electrons. The molecule has 2 nitrogen and oxygen atoms in total. The highest BCUT2D eigenvalue weighted by Crippen LogP contribution is 2.25. The summed E-state index contributed by atoms with van der Waals surface area (Å²) >= 11 is 5.97. The summed E-state index contributed by atoms with van der Waals surface area (Å²) < 4.78 is 0. The molecule has 0 heterocycles. The molecule has 0 amide bonds. The maximum Gasteiger partial charge on any atom is 0.0702 e. The SMILES string of the molecule is CCN(Cc1ccccc1)c1ccc(Cl)cc1CO. The molecule has 19 heavy (non-hydrogen) atoms. The van der Waals surface area contributed by atoms with E-state index in [1.165, 1.54) is 5.56 Å². The van der Waals surface area contributed by atoms with Gasteiger partial charge in [-0.2, -0.15) is 0 Å². The van der Waals surface area contributed by atoms with Crippen molar-refractivity contribution < 1.29 is 5.11 Å². The van der Waals surface area contributed by atoms with Gasteiger partial charge in [-0.15, -0.1) is 0 Å². The zero-order valence-electron chi connectivity index (χ0n) is 11.0. The van der Waals surface area contributed by atoms with Crippen LogP contribution in [-0.2, 0) is 13.2 Å². The molecule has 0 saturated heterocycles. The van der Waals surface area contributed by atoms with Gasteiger partial charge in [0.05, 0.1) is 6.61 Å². The maximum atomic E-state index is 9.47. The number of hydrogen-bond donors (Lipinski definition) is 1. The van der Waals surface area contributed by atoms with Gasteiger partial charge in [0.2, 0.25) is 0 Å². The fourth-order valence-electron chi connectivity index (χ4n) is 2.16. The Bertz CT molecular complexity index is 528. The molecule has 3 heteroatoms. The van der Waals surface area contributed by atoms with Crippen LogP contribution in [0.25, 0.3) is 0 Å². The van der Waals surface area contributed by atoms with Crippen LogP contribution >= 0.6 is 11.6 Å². The average Bonchev–Trinajstić information content (AvgIpc) is 2.46. The first-order valence-electron chi connectivity index (χ1n) is 6.42. The van der Waals surface area contributed by atoms with Crippen LogP contribution in [0.1, 0.15) is 18.1 Å². The lowest BCUT2D eigenvalue weighted by molar-refractivity contribution is 0.282. The summed E-state index contributed by atoms with van der Waals surface area (Å²) in [7, 11) is 0. The van der Waals surface area contributed by atoms with Crippen molar-refractivity contribution >= 4 is 17.3 Å². The largest absolute Gasteiger partial charge is 0.392 e. The number of halogens is 1. The Morgan fingerprint density at radius 2 is 1.84 bits per heavy atom. The van der Waals surface area contributed by atoms with Gasteiger partial charge in [-0.3, -0.25) is 0 Å². The van der Waals surface area contributed by atoms with Gasteiger partial charge >= 0.3 is 0 Å². The standard InChI is InChI=1S/C16H18ClNO/c1-2-18(11-13-6-4-3-5-7-13)16-9-8-15(17)10-14(16)12-19/h3-10,19H,2,11-12H2,1H3. The highest BCUT2D eigenvalue weighted by molar-refractivity contribution is 6.30. The van der Waals surface area contributed by atoms with Crippen molar-refractivity contribution in [3.8, 4) is 0 Å². The Labute approximate surface area is 119 Å². The van der Waals surface area contributed by atoms with Crippen LogP contribution in [-0.4, -0.2) is 11.7 Å². The molecule has 0 unspecified atom stereocenters. The molecule has 0 saturated carbocycles. The second-order valence-corrected chi connectivity index (χ2v) is 4.87. The highest BCUT2D eigenvalue weighted by Gasteiger charge is 2.10. The van der Waals surface area contributed by atoms with Crippen molar-refractivity contribution in [2.24, 2.45) is 0 Å². The summed E-state index contributed by atoms with van der Waals surface area (Å²) in [6, 6.07) is 16.0. The van der Waals surface area contributed by atoms with Gasteiger partial charge < -0.3 is 10.0 Å². The fraction of sp³-hybridized carbons (Fsp3) is 0.250. The molecule has 0 bridgehead atoms. The molecule has 0 atom stereocenters. The van der Waals surface area contributed by atoms with Crippen molar-refractivity contribution in [1.82, 2.24) is 0 Å². The normalized spacial score (nSPS) is 10.5. The number of nitrogens with zero attached hydrogens (tertiary/aromatic N) is 1. The number of aliphatic hydroxyl groups is 1. The third-order valence-electron chi connectivity index (χ3n) is 3.15. The predicted octanol–water partition coefficient (Wildman–Crippen LogP) is 3.86. The third kappa shape index (κ3) is 3.49. The maximum absolute atomic E-state index is 9.47. The van der Waals surface area contributed by atoms with Gasteiger partial charge in [-0.05, 0) is 30.7 Å². The average molecular weight is 276 g/mol. The summed E-state index contributed by atoms with van der Waals surface area (Å²) in [5, 5.41) is 10.1. The summed E-state index contributed by atoms with van der Waals surface area (Å²) in [6.45, 7) is 3.81. The van der Waals surface area contributed by atoms with E-state index >= 15 is 0 Å². The minimum absolute atomic E-state index is 0.00117. The molecule has 0 aliphatic heterocycles. The van der Waals surface area contributed by atoms with Gasteiger partial charge in [0.1, 0.15) is 0 Å². The zero-order chi connectivity index (χ0) is 13.7. The van der Waals surface area contributed by atoms with Gasteiger partial charge in [-0.1, -0.05) is 41.9 Å². The van der Waals surface area contributed by atoms with Crippen LogP contribution in [0.4, 0.5) is 5.69 Å². The first kappa shape index (κ1) is 13.9. The first-order valence-corrected chi connectivity index (χ1v) is 6.80. The second-order valence-electron chi connectivity index (χ2n) is 4.43. The fourth-order valence-corrected chi connectivity index (χ4v) is 2.36. The smallest absolute Gasteiger partial charge is 0.0702 e. The number of aliphatic hydroxyl groups excluding tert-OH is 1. The number of anilines is 1. The second kappa shape index (κ2) is 6.60. The molecular weight excluding hydrogens is 258 g/mol. The minimum Gasteiger partial charge on any atom is -0.392 e. The van der Waals surface area contributed by atoms with Gasteiger partial charge in [0.25, 0.3) is 0 Å². The van der Waals surface area contributed by atoms with Crippen molar-refractivity contribution in [3.05, 3.63) is 64.7 Å². The van der Waals surface area contributed by atoms with Gasteiger partial charge in [0, 0.05) is 29.4 Å². The summed E-state index contributed by atoms with van der Waals surface area (Å²) in [5.41, 5.74) is 3.16. The van der Waals surface area contributed by atoms with Crippen molar-refractivity contribution in [2.45, 2.75) is 20.1 Å². The molecule has 0 fully saturated rings. The van der Waals surface area contributed by atoms with Crippen LogP contribution in [0, 0.1) is 0 Å². The summed E-state index contributed by atoms with van der Waals surface area (Å²) in [5.74, 6) is 0. The van der Waals surface area contributed by atoms with Crippen molar-refractivity contribution in [1.29, 1.82) is 0 Å². The van der Waals surface area contributed by atoms with Crippen molar-refractivity contribution in [2.75, 3.05) is 11.4 Å². The molecular formula is C16H18ClNO. The number of rotatable bonds is 5. The Kier molecular flexibility index (Phi) is 4.83. The lowest BCUT2D eigenvalue weighted by Crippen LogP contribution is -2.23. The Balaban J connectivity index is 2.27. The number of benzene rings is 2. The minimum atomic E-state index is 0.00117. The predicted molar refractivity (Wildman–Crippen MR) is 80.5 cm³/mol. The molecule has 0 radical (unpaired) electrons. The lowest BCUT2D eigenvalue weighted by Gasteiger charge is -2.25. The Hall–Kier alpha value is -1.51. The van der Waals surface area contributed by atoms with Crippen LogP contribution in [0.5, 0.6) is 0 Å². The molecule has 0 aromatic heterocycles. The van der Waals surface area contributed by atoms with E-state index in [1.807, 2.05) is 36.4 Å². The molecule has 1 N–H and O–H groups in total. The van der Waals surface area contributed by atoms with E-state index in [-0.39, 0.29) is 6.61 Å². The van der Waals surface area contributed by atoms with Gasteiger partial charge in [-0.25, -0.2) is 0 Å². The number of hydrogen-bond acceptors (Lipinski definition) is 2. The Morgan fingerprint density at radius 3 is 2.47 bits per heavy atom. The molecule has 0 aliphatic rings. The molecule has 0 spiro atoms. The first-order chi connectivity index (χ1) is 9.24. The molecule has 2 aromatic carbocycles. The van der Waals surface area contributed by atoms with E-state index in [1.54, 1.807) is 0 Å². The van der Waals surface area contributed by atoms with Crippen LogP contribution < -0.4 is 4.90 Å². The highest BCUT2D eigenvalue weighted by atomic mass is 35.5. The van der Waals surface area contributed by atoms with E-state index in [9.17, 15) is 5.11 Å². The van der Waals surface area contributed by atoms with Crippen molar-refractivity contribution in [3.63, 3.8) is 0 Å². The lowest BCUT2D eigenvalue weighted by atomic mass is 10.1. The zero-order valence-corrected chi connectivity index (χ0v) is 11.8. The quantitative estimate of drug-likeness (QED) is 0.896. The van der Waals surface area contributed by atoms with Crippen LogP contribution in [0.3, 0.4) is 0 Å². The van der Waals surface area contributed by atoms with Crippen LogP contribution in [0.2, 0.25) is 5.02 Å². The van der Waals surface area contributed by atoms with Crippen LogP contribution in [0.15, 0.2) is 48.5 Å².